The van der Waals surface area contributed by atoms with Crippen LogP contribution in [0, 0.1) is 11.8 Å². The van der Waals surface area contributed by atoms with E-state index in [1.807, 2.05) is 0 Å². The molecule has 88 valence electrons. The highest BCUT2D eigenvalue weighted by molar-refractivity contribution is 7.99. The second-order valence-corrected chi connectivity index (χ2v) is 6.35. The quantitative estimate of drug-likeness (QED) is 0.716. The van der Waals surface area contributed by atoms with Crippen molar-refractivity contribution >= 4 is 11.8 Å². The van der Waals surface area contributed by atoms with Crippen LogP contribution < -0.4 is 5.32 Å². The summed E-state index contributed by atoms with van der Waals surface area (Å²) in [5, 5.41) is 3.78. The maximum Gasteiger partial charge on any atom is 0.0104 e. The minimum absolute atomic E-state index is 0.834. The minimum atomic E-state index is 0.834. The molecule has 0 spiro atoms. The highest BCUT2D eigenvalue weighted by atomic mass is 32.2. The molecule has 1 saturated heterocycles. The highest BCUT2D eigenvalue weighted by Gasteiger charge is 2.27. The van der Waals surface area contributed by atoms with Crippen molar-refractivity contribution in [2.45, 2.75) is 51.5 Å². The van der Waals surface area contributed by atoms with Gasteiger partial charge < -0.3 is 5.32 Å². The molecule has 0 aromatic carbocycles. The fraction of sp³-hybridized carbons (Fsp3) is 1.00. The highest BCUT2D eigenvalue weighted by Crippen LogP contribution is 2.36. The smallest absolute Gasteiger partial charge is 0.0104 e. The molecule has 0 radical (unpaired) electrons. The van der Waals surface area contributed by atoms with E-state index in [4.69, 9.17) is 0 Å². The fourth-order valence-corrected chi connectivity index (χ4v) is 3.86. The second kappa shape index (κ2) is 6.15. The lowest BCUT2D eigenvalue weighted by Gasteiger charge is -2.24. The van der Waals surface area contributed by atoms with Gasteiger partial charge in [-0.2, -0.15) is 11.8 Å². The molecule has 2 rings (SSSR count). The maximum atomic E-state index is 3.78. The van der Waals surface area contributed by atoms with E-state index in [1.165, 1.54) is 56.6 Å². The number of thioether (sulfide) groups is 1. The predicted octanol–water partition coefficient (Wildman–Crippen LogP) is 3.30. The average Bonchev–Trinajstić information content (AvgIpc) is 2.92. The van der Waals surface area contributed by atoms with Crippen molar-refractivity contribution in [2.75, 3.05) is 18.1 Å². The first-order valence-electron chi connectivity index (χ1n) is 6.71. The zero-order valence-electron chi connectivity index (χ0n) is 10.0. The number of hydrogen-bond acceptors (Lipinski definition) is 2. The van der Waals surface area contributed by atoms with Crippen molar-refractivity contribution in [3.8, 4) is 0 Å². The Morgan fingerprint density at radius 3 is 2.80 bits per heavy atom. The first-order chi connectivity index (χ1) is 7.40. The molecule has 1 aliphatic heterocycles. The van der Waals surface area contributed by atoms with Crippen molar-refractivity contribution in [1.82, 2.24) is 5.32 Å². The maximum absolute atomic E-state index is 3.78. The van der Waals surface area contributed by atoms with Gasteiger partial charge >= 0.3 is 0 Å². The minimum Gasteiger partial charge on any atom is -0.314 e. The Morgan fingerprint density at radius 2 is 2.20 bits per heavy atom. The van der Waals surface area contributed by atoms with Gasteiger partial charge in [0.25, 0.3) is 0 Å². The summed E-state index contributed by atoms with van der Waals surface area (Å²) in [7, 11) is 0. The Bertz CT molecular complexity index is 173. The van der Waals surface area contributed by atoms with Crippen LogP contribution in [0.15, 0.2) is 0 Å². The number of hydrogen-bond donors (Lipinski definition) is 1. The largest absolute Gasteiger partial charge is 0.314 e. The lowest BCUT2D eigenvalue weighted by molar-refractivity contribution is 0.349. The topological polar surface area (TPSA) is 12.0 Å². The molecule has 1 N–H and O–H groups in total. The van der Waals surface area contributed by atoms with E-state index < -0.39 is 0 Å². The Kier molecular flexibility index (Phi) is 4.83. The molecule has 1 nitrogen and oxygen atoms in total. The lowest BCUT2D eigenvalue weighted by Crippen LogP contribution is -2.36. The molecule has 2 unspecified atom stereocenters. The first-order valence-corrected chi connectivity index (χ1v) is 7.86. The van der Waals surface area contributed by atoms with Gasteiger partial charge in [0.05, 0.1) is 0 Å². The number of nitrogens with one attached hydrogen (secondary N) is 1. The van der Waals surface area contributed by atoms with Crippen LogP contribution in [0.3, 0.4) is 0 Å². The summed E-state index contributed by atoms with van der Waals surface area (Å²) in [6.45, 7) is 3.49. The predicted molar refractivity (Wildman–Crippen MR) is 69.5 cm³/mol. The van der Waals surface area contributed by atoms with E-state index in [-0.39, 0.29) is 0 Å². The van der Waals surface area contributed by atoms with E-state index in [0.717, 1.165) is 17.9 Å². The first kappa shape index (κ1) is 11.8. The van der Waals surface area contributed by atoms with Gasteiger partial charge in [-0.1, -0.05) is 19.8 Å². The molecule has 1 heterocycles. The van der Waals surface area contributed by atoms with E-state index >= 15 is 0 Å². The van der Waals surface area contributed by atoms with Crippen LogP contribution in [0.5, 0.6) is 0 Å². The molecule has 2 atom stereocenters. The fourth-order valence-electron chi connectivity index (χ4n) is 2.53. The Morgan fingerprint density at radius 1 is 1.33 bits per heavy atom. The van der Waals surface area contributed by atoms with E-state index in [2.05, 4.69) is 24.0 Å². The standard InChI is InChI=1S/C13H25NS/c1-2-8-14-13(6-5-11-3-4-11)12-7-9-15-10-12/h11-14H,2-10H2,1H3. The normalized spacial score (nSPS) is 28.2. The van der Waals surface area contributed by atoms with E-state index in [0.29, 0.717) is 0 Å². The SMILES string of the molecule is CCCNC(CCC1CC1)C1CCSC1. The molecule has 0 bridgehead atoms. The van der Waals surface area contributed by atoms with Gasteiger partial charge in [0.15, 0.2) is 0 Å². The third-order valence-electron chi connectivity index (χ3n) is 3.77. The van der Waals surface area contributed by atoms with Crippen molar-refractivity contribution in [3.63, 3.8) is 0 Å². The van der Waals surface area contributed by atoms with E-state index in [9.17, 15) is 0 Å². The molecule has 0 aromatic heterocycles. The molecule has 2 aliphatic rings. The van der Waals surface area contributed by atoms with Crippen LogP contribution in [-0.4, -0.2) is 24.1 Å². The molecular weight excluding hydrogens is 202 g/mol. The van der Waals surface area contributed by atoms with Gasteiger partial charge in [-0.05, 0) is 55.6 Å². The lowest BCUT2D eigenvalue weighted by atomic mass is 9.94. The zero-order valence-corrected chi connectivity index (χ0v) is 10.8. The zero-order chi connectivity index (χ0) is 10.5. The molecule has 0 aromatic rings. The van der Waals surface area contributed by atoms with Gasteiger partial charge in [-0.3, -0.25) is 0 Å². The van der Waals surface area contributed by atoms with Crippen LogP contribution in [0.25, 0.3) is 0 Å². The second-order valence-electron chi connectivity index (χ2n) is 5.21. The molecule has 0 amide bonds. The average molecular weight is 227 g/mol. The van der Waals surface area contributed by atoms with Crippen molar-refractivity contribution in [1.29, 1.82) is 0 Å². The van der Waals surface area contributed by atoms with Gasteiger partial charge in [-0.25, -0.2) is 0 Å². The van der Waals surface area contributed by atoms with Crippen molar-refractivity contribution < 1.29 is 0 Å². The summed E-state index contributed by atoms with van der Waals surface area (Å²) in [6, 6.07) is 0.834. The van der Waals surface area contributed by atoms with Gasteiger partial charge in [0, 0.05) is 6.04 Å². The molecule has 2 fully saturated rings. The van der Waals surface area contributed by atoms with Gasteiger partial charge in [-0.15, -0.1) is 0 Å². The van der Waals surface area contributed by atoms with Crippen LogP contribution in [0.2, 0.25) is 0 Å². The van der Waals surface area contributed by atoms with Crippen LogP contribution in [0.1, 0.15) is 45.4 Å². The number of rotatable bonds is 7. The molecule has 1 aliphatic carbocycles. The summed E-state index contributed by atoms with van der Waals surface area (Å²) in [6.07, 6.45) is 8.69. The van der Waals surface area contributed by atoms with E-state index in [1.54, 1.807) is 0 Å². The Balaban J connectivity index is 1.71. The van der Waals surface area contributed by atoms with Gasteiger partial charge in [0.1, 0.15) is 0 Å². The monoisotopic (exact) mass is 227 g/mol. The Hall–Kier alpha value is 0.310. The van der Waals surface area contributed by atoms with Crippen LogP contribution in [0.4, 0.5) is 0 Å². The molecule has 15 heavy (non-hydrogen) atoms. The molecule has 2 heteroatoms. The summed E-state index contributed by atoms with van der Waals surface area (Å²) < 4.78 is 0. The third kappa shape index (κ3) is 3.99. The van der Waals surface area contributed by atoms with Crippen molar-refractivity contribution in [2.24, 2.45) is 11.8 Å². The molecular formula is C13H25NS. The summed E-state index contributed by atoms with van der Waals surface area (Å²) >= 11 is 2.15. The van der Waals surface area contributed by atoms with Crippen molar-refractivity contribution in [3.05, 3.63) is 0 Å². The van der Waals surface area contributed by atoms with Crippen LogP contribution >= 0.6 is 11.8 Å². The summed E-state index contributed by atoms with van der Waals surface area (Å²) in [5.74, 6) is 4.88. The summed E-state index contributed by atoms with van der Waals surface area (Å²) in [5.41, 5.74) is 0. The van der Waals surface area contributed by atoms with Crippen LogP contribution in [-0.2, 0) is 0 Å². The molecule has 1 saturated carbocycles. The van der Waals surface area contributed by atoms with Gasteiger partial charge in [0.2, 0.25) is 0 Å². The third-order valence-corrected chi connectivity index (χ3v) is 4.96. The summed E-state index contributed by atoms with van der Waals surface area (Å²) in [4.78, 5) is 0. The Labute approximate surface area is 98.8 Å².